The van der Waals surface area contributed by atoms with Gasteiger partial charge in [-0.05, 0) is 26.0 Å². The van der Waals surface area contributed by atoms with E-state index in [2.05, 4.69) is 9.88 Å². The van der Waals surface area contributed by atoms with Gasteiger partial charge in [-0.3, -0.25) is 0 Å². The van der Waals surface area contributed by atoms with E-state index in [1.165, 1.54) is 17.7 Å². The third-order valence-corrected chi connectivity index (χ3v) is 4.21. The Balaban J connectivity index is 2.52. The highest BCUT2D eigenvalue weighted by molar-refractivity contribution is 6.17. The average molecular weight is 329 g/mol. The zero-order chi connectivity index (χ0) is 17.4. The first-order valence-corrected chi connectivity index (χ1v) is 7.71. The highest BCUT2D eigenvalue weighted by atomic mass is 16.5. The van der Waals surface area contributed by atoms with Crippen LogP contribution in [0.3, 0.4) is 0 Å². The minimum Gasteiger partial charge on any atom is -0.504 e. The predicted molar refractivity (Wildman–Crippen MR) is 92.4 cm³/mol. The van der Waals surface area contributed by atoms with Gasteiger partial charge in [0, 0.05) is 30.7 Å². The molecule has 2 aromatic heterocycles. The molecule has 24 heavy (non-hydrogen) atoms. The molecule has 2 heterocycles. The molecule has 0 fully saturated rings. The molecule has 0 amide bonds. The van der Waals surface area contributed by atoms with Crippen molar-refractivity contribution in [2.75, 3.05) is 25.1 Å². The van der Waals surface area contributed by atoms with Crippen LogP contribution in [-0.4, -0.2) is 46.1 Å². The molecule has 1 aromatic carbocycles. The highest BCUT2D eigenvalue weighted by Crippen LogP contribution is 2.40. The minimum absolute atomic E-state index is 0.104. The number of benzene rings is 1. The molecule has 7 heteroatoms. The maximum atomic E-state index is 11.8. The Morgan fingerprint density at radius 1 is 1.29 bits per heavy atom. The number of phenolic OH excluding ortho intramolecular Hbond substituents is 1. The van der Waals surface area contributed by atoms with Crippen molar-refractivity contribution in [1.82, 2.24) is 9.55 Å². The van der Waals surface area contributed by atoms with Gasteiger partial charge < -0.3 is 19.8 Å². The summed E-state index contributed by atoms with van der Waals surface area (Å²) >= 11 is 0. The fourth-order valence-corrected chi connectivity index (χ4v) is 3.09. The molecule has 0 saturated heterocycles. The second-order valence-corrected chi connectivity index (χ2v) is 5.36. The number of hydrogen-bond acceptors (Lipinski definition) is 5. The van der Waals surface area contributed by atoms with Crippen LogP contribution in [0.25, 0.3) is 21.8 Å². The lowest BCUT2D eigenvalue weighted by Crippen LogP contribution is -2.23. The Kier molecular flexibility index (Phi) is 3.92. The fourth-order valence-electron chi connectivity index (χ4n) is 3.09. The number of fused-ring (bicyclic) bond motifs is 3. The normalized spacial score (nSPS) is 11.1. The average Bonchev–Trinajstić information content (AvgIpc) is 2.89. The van der Waals surface area contributed by atoms with Crippen molar-refractivity contribution in [1.29, 1.82) is 0 Å². The van der Waals surface area contributed by atoms with Gasteiger partial charge in [0.25, 0.3) is 0 Å². The molecule has 0 unspecified atom stereocenters. The van der Waals surface area contributed by atoms with Gasteiger partial charge in [0.05, 0.1) is 23.5 Å². The van der Waals surface area contributed by atoms with Gasteiger partial charge in [-0.1, -0.05) is 0 Å². The number of hydrogen-bond donors (Lipinski definition) is 2. The molecule has 0 saturated carbocycles. The summed E-state index contributed by atoms with van der Waals surface area (Å²) in [5.41, 5.74) is 0.930. The summed E-state index contributed by atoms with van der Waals surface area (Å²) in [6.45, 7) is 5.54. The van der Waals surface area contributed by atoms with Crippen LogP contribution >= 0.6 is 0 Å². The number of ether oxygens (including phenoxy) is 1. The van der Waals surface area contributed by atoms with Crippen LogP contribution in [0.5, 0.6) is 11.5 Å². The van der Waals surface area contributed by atoms with Crippen molar-refractivity contribution < 1.29 is 19.7 Å². The van der Waals surface area contributed by atoms with Crippen LogP contribution in [0.15, 0.2) is 24.4 Å². The van der Waals surface area contributed by atoms with Gasteiger partial charge in [-0.15, -0.1) is 0 Å². The molecular formula is C17H19N3O4. The lowest BCUT2D eigenvalue weighted by atomic mass is 10.1. The van der Waals surface area contributed by atoms with E-state index in [-0.39, 0.29) is 5.75 Å². The van der Waals surface area contributed by atoms with Crippen molar-refractivity contribution in [3.63, 3.8) is 0 Å². The highest BCUT2D eigenvalue weighted by Gasteiger charge is 2.22. The van der Waals surface area contributed by atoms with E-state index in [1.54, 1.807) is 18.3 Å². The molecule has 0 atom stereocenters. The molecule has 7 nitrogen and oxygen atoms in total. The molecule has 0 radical (unpaired) electrons. The summed E-state index contributed by atoms with van der Waals surface area (Å²) in [5, 5.41) is 21.1. The van der Waals surface area contributed by atoms with Crippen molar-refractivity contribution in [3.05, 3.63) is 24.4 Å². The number of carboxylic acid groups (broad SMARTS) is 1. The summed E-state index contributed by atoms with van der Waals surface area (Å²) in [7, 11) is 1.46. The van der Waals surface area contributed by atoms with Crippen LogP contribution in [0, 0.1) is 0 Å². The van der Waals surface area contributed by atoms with E-state index in [4.69, 9.17) is 4.74 Å². The molecular weight excluding hydrogens is 310 g/mol. The third-order valence-electron chi connectivity index (χ3n) is 4.21. The van der Waals surface area contributed by atoms with E-state index in [9.17, 15) is 15.0 Å². The monoisotopic (exact) mass is 329 g/mol. The Bertz CT molecular complexity index is 929. The molecule has 3 rings (SSSR count). The van der Waals surface area contributed by atoms with Gasteiger partial charge in [-0.25, -0.2) is 14.3 Å². The quantitative estimate of drug-likeness (QED) is 0.764. The van der Waals surface area contributed by atoms with Crippen LogP contribution in [0.1, 0.15) is 13.8 Å². The minimum atomic E-state index is -1.11. The largest absolute Gasteiger partial charge is 0.504 e. The number of nitrogens with zero attached hydrogens (tertiary/aromatic N) is 3. The Morgan fingerprint density at radius 2 is 2.00 bits per heavy atom. The van der Waals surface area contributed by atoms with Crippen LogP contribution in [-0.2, 0) is 0 Å². The molecule has 0 aliphatic rings. The first kappa shape index (κ1) is 15.9. The standard InChI is InChI=1S/C17H19N3O4/c1-4-19(5-2)16-15-10-8-14(24-3)13(21)9-12(10)20(17(22)23)11(15)6-7-18-16/h6-9,21H,4-5H2,1-3H3,(H,22,23). The zero-order valence-corrected chi connectivity index (χ0v) is 13.8. The van der Waals surface area contributed by atoms with Gasteiger partial charge in [0.15, 0.2) is 11.5 Å². The number of aromatic hydroxyl groups is 1. The summed E-state index contributed by atoms with van der Waals surface area (Å²) in [5.74, 6) is 0.907. The van der Waals surface area contributed by atoms with E-state index in [1.807, 2.05) is 13.8 Å². The first-order valence-electron chi connectivity index (χ1n) is 7.71. The van der Waals surface area contributed by atoms with Crippen molar-refractivity contribution >= 4 is 33.7 Å². The molecule has 2 N–H and O–H groups in total. The summed E-state index contributed by atoms with van der Waals surface area (Å²) in [6, 6.07) is 4.73. The van der Waals surface area contributed by atoms with Crippen molar-refractivity contribution in [2.24, 2.45) is 0 Å². The van der Waals surface area contributed by atoms with E-state index >= 15 is 0 Å². The molecule has 126 valence electrons. The predicted octanol–water partition coefficient (Wildman–Crippen LogP) is 3.28. The smallest absolute Gasteiger partial charge is 0.416 e. The lowest BCUT2D eigenvalue weighted by Gasteiger charge is -2.20. The van der Waals surface area contributed by atoms with Crippen molar-refractivity contribution in [3.8, 4) is 11.5 Å². The Morgan fingerprint density at radius 3 is 2.58 bits per heavy atom. The van der Waals surface area contributed by atoms with E-state index < -0.39 is 6.09 Å². The number of pyridine rings is 1. The van der Waals surface area contributed by atoms with Crippen LogP contribution < -0.4 is 9.64 Å². The second kappa shape index (κ2) is 5.92. The number of methoxy groups -OCH3 is 1. The maximum Gasteiger partial charge on any atom is 0.416 e. The van der Waals surface area contributed by atoms with Crippen LogP contribution in [0.4, 0.5) is 10.6 Å². The SMILES string of the molecule is CCN(CC)c1nccc2c1c1cc(OC)c(O)cc1n2C(=O)O. The number of rotatable bonds is 4. The van der Waals surface area contributed by atoms with Crippen LogP contribution in [0.2, 0.25) is 0 Å². The number of phenols is 1. The molecule has 0 bridgehead atoms. The van der Waals surface area contributed by atoms with E-state index in [0.717, 1.165) is 24.3 Å². The third kappa shape index (κ3) is 2.20. The molecule has 3 aromatic rings. The van der Waals surface area contributed by atoms with Gasteiger partial charge in [0.2, 0.25) is 0 Å². The summed E-state index contributed by atoms with van der Waals surface area (Å²) < 4.78 is 6.35. The van der Waals surface area contributed by atoms with Gasteiger partial charge in [-0.2, -0.15) is 0 Å². The zero-order valence-electron chi connectivity index (χ0n) is 13.8. The summed E-state index contributed by atoms with van der Waals surface area (Å²) in [4.78, 5) is 18.3. The number of anilines is 1. The Labute approximate surface area is 138 Å². The fraction of sp³-hybridized carbons (Fsp3) is 0.294. The maximum absolute atomic E-state index is 11.8. The number of carbonyl (C=O) groups is 1. The van der Waals surface area contributed by atoms with Gasteiger partial charge >= 0.3 is 6.09 Å². The lowest BCUT2D eigenvalue weighted by molar-refractivity contribution is 0.198. The van der Waals surface area contributed by atoms with Crippen molar-refractivity contribution in [2.45, 2.75) is 13.8 Å². The van der Waals surface area contributed by atoms with E-state index in [0.29, 0.717) is 22.2 Å². The number of aromatic nitrogens is 2. The second-order valence-electron chi connectivity index (χ2n) is 5.36. The first-order chi connectivity index (χ1) is 11.5. The molecule has 0 aliphatic heterocycles. The topological polar surface area (TPSA) is 87.8 Å². The molecule has 0 aliphatic carbocycles. The molecule has 0 spiro atoms. The van der Waals surface area contributed by atoms with Gasteiger partial charge in [0.1, 0.15) is 5.82 Å². The summed E-state index contributed by atoms with van der Waals surface area (Å²) in [6.07, 6.45) is 0.488. The Hall–Kier alpha value is -2.96.